The van der Waals surface area contributed by atoms with Crippen molar-refractivity contribution in [1.29, 1.82) is 0 Å². The summed E-state index contributed by atoms with van der Waals surface area (Å²) in [5.74, 6) is 1.83. The van der Waals surface area contributed by atoms with Crippen LogP contribution in [0.1, 0.15) is 47.2 Å². The molecule has 2 heteroatoms. The van der Waals surface area contributed by atoms with Gasteiger partial charge < -0.3 is 4.74 Å². The number of ether oxygens (including phenoxy) is 1. The van der Waals surface area contributed by atoms with Crippen molar-refractivity contribution in [2.24, 2.45) is 0 Å². The maximum absolute atomic E-state index is 6.52. The van der Waals surface area contributed by atoms with E-state index in [0.717, 1.165) is 28.0 Å². The molecule has 2 heterocycles. The molecule has 0 fully saturated rings. The lowest BCUT2D eigenvalue weighted by Crippen LogP contribution is -2.43. The first-order valence-corrected chi connectivity index (χ1v) is 13.6. The lowest BCUT2D eigenvalue weighted by molar-refractivity contribution is 0.425. The smallest absolute Gasteiger partial charge is 0.132 e. The molecular formula is C37H27NO. The fourth-order valence-electron chi connectivity index (χ4n) is 7.11. The Balaban J connectivity index is 1.51. The largest absolute Gasteiger partial charge is 0.457 e. The fourth-order valence-corrected chi connectivity index (χ4v) is 7.11. The van der Waals surface area contributed by atoms with Crippen LogP contribution >= 0.6 is 0 Å². The minimum Gasteiger partial charge on any atom is -0.457 e. The van der Waals surface area contributed by atoms with Crippen molar-refractivity contribution in [2.75, 3.05) is 0 Å². The van der Waals surface area contributed by atoms with Gasteiger partial charge in [-0.15, -0.1) is 0 Å². The molecule has 6 aromatic rings. The minimum absolute atomic E-state index is 0.201. The van der Waals surface area contributed by atoms with Crippen molar-refractivity contribution < 1.29 is 4.74 Å². The molecule has 1 aromatic heterocycles. The van der Waals surface area contributed by atoms with Crippen LogP contribution in [0, 0.1) is 0 Å². The second-order valence-corrected chi connectivity index (χ2v) is 11.2. The van der Waals surface area contributed by atoms with Gasteiger partial charge in [-0.2, -0.15) is 0 Å². The number of nitrogens with zero attached hydrogens (tertiary/aromatic N) is 1. The monoisotopic (exact) mass is 501 g/mol. The highest BCUT2D eigenvalue weighted by Crippen LogP contribution is 2.61. The van der Waals surface area contributed by atoms with Gasteiger partial charge in [0, 0.05) is 33.7 Å². The van der Waals surface area contributed by atoms with Crippen LogP contribution in [0.15, 0.2) is 128 Å². The summed E-state index contributed by atoms with van der Waals surface area (Å²) in [6.07, 6.45) is 1.88. The number of pyridine rings is 1. The van der Waals surface area contributed by atoms with E-state index in [1.54, 1.807) is 0 Å². The van der Waals surface area contributed by atoms with E-state index in [4.69, 9.17) is 9.72 Å². The van der Waals surface area contributed by atoms with Crippen LogP contribution in [-0.4, -0.2) is 4.98 Å². The van der Waals surface area contributed by atoms with Crippen LogP contribution < -0.4 is 4.74 Å². The van der Waals surface area contributed by atoms with Crippen molar-refractivity contribution >= 4 is 10.9 Å². The summed E-state index contributed by atoms with van der Waals surface area (Å²) in [5.41, 5.74) is 10.4. The van der Waals surface area contributed by atoms with Crippen LogP contribution in [0.4, 0.5) is 0 Å². The quantitative estimate of drug-likeness (QED) is 0.224. The molecule has 0 saturated carbocycles. The molecule has 1 aliphatic carbocycles. The van der Waals surface area contributed by atoms with Crippen molar-refractivity contribution in [3.05, 3.63) is 161 Å². The van der Waals surface area contributed by atoms with Crippen molar-refractivity contribution in [3.63, 3.8) is 0 Å². The van der Waals surface area contributed by atoms with Gasteiger partial charge >= 0.3 is 0 Å². The Bertz CT molecular complexity index is 1880. The highest BCUT2D eigenvalue weighted by atomic mass is 16.5. The van der Waals surface area contributed by atoms with E-state index in [9.17, 15) is 0 Å². The SMILES string of the molecule is CC1(C)c2ccccc2C2(c3ccccc3Oc3ccccc32)c2ccc(-c3cccc4cccnc34)cc21. The average molecular weight is 502 g/mol. The Morgan fingerprint density at radius 1 is 0.538 bits per heavy atom. The molecule has 2 nitrogen and oxygen atoms in total. The first-order chi connectivity index (χ1) is 19.1. The zero-order valence-electron chi connectivity index (χ0n) is 22.0. The Labute approximate surface area is 228 Å². The molecule has 39 heavy (non-hydrogen) atoms. The van der Waals surface area contributed by atoms with Gasteiger partial charge in [0.2, 0.25) is 0 Å². The van der Waals surface area contributed by atoms with E-state index in [-0.39, 0.29) is 5.41 Å². The predicted molar refractivity (Wildman–Crippen MR) is 158 cm³/mol. The number of para-hydroxylation sites is 3. The van der Waals surface area contributed by atoms with Gasteiger partial charge in [-0.3, -0.25) is 4.98 Å². The highest BCUT2D eigenvalue weighted by molar-refractivity contribution is 5.94. The number of benzene rings is 5. The fraction of sp³-hybridized carbons (Fsp3) is 0.108. The average Bonchev–Trinajstić information content (AvgIpc) is 2.99. The number of fused-ring (bicyclic) bond motifs is 9. The number of hydrogen-bond donors (Lipinski definition) is 0. The van der Waals surface area contributed by atoms with Crippen molar-refractivity contribution in [1.82, 2.24) is 4.98 Å². The molecule has 8 rings (SSSR count). The maximum atomic E-state index is 6.52. The molecule has 1 spiro atoms. The topological polar surface area (TPSA) is 22.1 Å². The molecule has 1 aliphatic heterocycles. The number of hydrogen-bond acceptors (Lipinski definition) is 2. The summed E-state index contributed by atoms with van der Waals surface area (Å²) in [6.45, 7) is 4.72. The van der Waals surface area contributed by atoms with Crippen LogP contribution in [-0.2, 0) is 10.8 Å². The Morgan fingerprint density at radius 2 is 1.15 bits per heavy atom. The van der Waals surface area contributed by atoms with E-state index in [1.807, 2.05) is 12.3 Å². The van der Waals surface area contributed by atoms with Gasteiger partial charge in [-0.1, -0.05) is 111 Å². The molecule has 186 valence electrons. The third-order valence-electron chi connectivity index (χ3n) is 8.85. The Morgan fingerprint density at radius 3 is 1.90 bits per heavy atom. The van der Waals surface area contributed by atoms with E-state index in [2.05, 4.69) is 129 Å². The van der Waals surface area contributed by atoms with Gasteiger partial charge in [-0.05, 0) is 52.1 Å². The molecule has 0 N–H and O–H groups in total. The normalized spacial score (nSPS) is 15.5. The van der Waals surface area contributed by atoms with E-state index in [0.29, 0.717) is 0 Å². The van der Waals surface area contributed by atoms with Crippen molar-refractivity contribution in [2.45, 2.75) is 24.7 Å². The van der Waals surface area contributed by atoms with Crippen LogP contribution in [0.2, 0.25) is 0 Å². The standard InChI is InChI=1S/C37H27NO/c1-36(2)27-14-3-4-15-28(27)37(30-16-5-7-18-33(30)39-34-19-8-6-17-31(34)37)29-21-20-25(23-32(29)36)26-13-9-11-24-12-10-22-38-35(24)26/h3-23H,1-2H3. The molecule has 0 saturated heterocycles. The zero-order valence-corrected chi connectivity index (χ0v) is 22.0. The summed E-state index contributed by atoms with van der Waals surface area (Å²) >= 11 is 0. The molecule has 2 aliphatic rings. The zero-order chi connectivity index (χ0) is 26.2. The van der Waals surface area contributed by atoms with Crippen LogP contribution in [0.5, 0.6) is 11.5 Å². The molecule has 0 bridgehead atoms. The van der Waals surface area contributed by atoms with E-state index in [1.165, 1.54) is 38.9 Å². The van der Waals surface area contributed by atoms with Crippen LogP contribution in [0.25, 0.3) is 22.0 Å². The molecule has 0 unspecified atom stereocenters. The lowest BCUT2D eigenvalue weighted by atomic mass is 9.53. The van der Waals surface area contributed by atoms with Gasteiger partial charge in [0.25, 0.3) is 0 Å². The lowest BCUT2D eigenvalue weighted by Gasteiger charge is -2.50. The molecule has 5 aromatic carbocycles. The highest BCUT2D eigenvalue weighted by Gasteiger charge is 2.52. The number of rotatable bonds is 1. The molecular weight excluding hydrogens is 474 g/mol. The second kappa shape index (κ2) is 7.91. The second-order valence-electron chi connectivity index (χ2n) is 11.2. The summed E-state index contributed by atoms with van der Waals surface area (Å²) in [6, 6.07) is 43.7. The molecule has 0 radical (unpaired) electrons. The molecule has 0 amide bonds. The van der Waals surface area contributed by atoms with Crippen molar-refractivity contribution in [3.8, 4) is 22.6 Å². The summed E-state index contributed by atoms with van der Waals surface area (Å²) < 4.78 is 6.52. The minimum atomic E-state index is -0.484. The molecule has 0 atom stereocenters. The van der Waals surface area contributed by atoms with E-state index < -0.39 is 5.41 Å². The predicted octanol–water partition coefficient (Wildman–Crippen LogP) is 9.03. The van der Waals surface area contributed by atoms with Gasteiger partial charge in [0.15, 0.2) is 0 Å². The third kappa shape index (κ3) is 2.89. The Kier molecular flexibility index (Phi) is 4.52. The summed E-state index contributed by atoms with van der Waals surface area (Å²) in [7, 11) is 0. The van der Waals surface area contributed by atoms with Gasteiger partial charge in [0.05, 0.1) is 10.9 Å². The maximum Gasteiger partial charge on any atom is 0.132 e. The first kappa shape index (κ1) is 22.3. The summed E-state index contributed by atoms with van der Waals surface area (Å²) in [5, 5.41) is 1.15. The third-order valence-corrected chi connectivity index (χ3v) is 8.85. The first-order valence-electron chi connectivity index (χ1n) is 13.6. The van der Waals surface area contributed by atoms with E-state index >= 15 is 0 Å². The van der Waals surface area contributed by atoms with Crippen LogP contribution in [0.3, 0.4) is 0 Å². The van der Waals surface area contributed by atoms with Gasteiger partial charge in [-0.25, -0.2) is 0 Å². The Hall–Kier alpha value is -4.69. The summed E-state index contributed by atoms with van der Waals surface area (Å²) in [4.78, 5) is 4.77. The number of aromatic nitrogens is 1. The van der Waals surface area contributed by atoms with Gasteiger partial charge in [0.1, 0.15) is 11.5 Å².